The maximum atomic E-state index is 12.2. The number of rotatable bonds is 4. The molecule has 0 aromatic heterocycles. The molecule has 0 aliphatic rings. The smallest absolute Gasteiger partial charge is 0.241 e. The number of benzene rings is 1. The lowest BCUT2D eigenvalue weighted by molar-refractivity contribution is 0.157. The summed E-state index contributed by atoms with van der Waals surface area (Å²) in [6, 6.07) is 8.07. The molecule has 1 rings (SSSR count). The van der Waals surface area contributed by atoms with Crippen molar-refractivity contribution in [1.29, 1.82) is 0 Å². The van der Waals surface area contributed by atoms with Gasteiger partial charge in [0.25, 0.3) is 0 Å². The lowest BCUT2D eigenvalue weighted by atomic mass is 9.88. The molecule has 0 aliphatic heterocycles. The largest absolute Gasteiger partial charge is 0.393 e. The minimum absolute atomic E-state index is 0.173. The molecule has 1 aromatic rings. The maximum Gasteiger partial charge on any atom is 0.241 e. The second-order valence-electron chi connectivity index (χ2n) is 5.13. The van der Waals surface area contributed by atoms with E-state index in [1.807, 2.05) is 20.8 Å². The van der Waals surface area contributed by atoms with Gasteiger partial charge < -0.3 is 5.11 Å². The summed E-state index contributed by atoms with van der Waals surface area (Å²) in [6.07, 6.45) is 0. The van der Waals surface area contributed by atoms with Crippen LogP contribution in [0, 0.1) is 5.41 Å². The van der Waals surface area contributed by atoms with Gasteiger partial charge in [0, 0.05) is 0 Å². The predicted molar refractivity (Wildman–Crippen MR) is 75.0 cm³/mol. The number of hydrogen-bond donors (Lipinski definition) is 2. The van der Waals surface area contributed by atoms with Crippen LogP contribution >= 0.6 is 15.9 Å². The molecule has 1 atom stereocenters. The standard InChI is InChI=1S/C12H18BrNO3S/c1-11(2,3)12(13,9-15)14-18(16,17)10-7-5-4-6-8-10/h4-8,14-15H,9H2,1-3H3/t12-/m0/s1. The average Bonchev–Trinajstić information content (AvgIpc) is 2.28. The number of hydrogen-bond acceptors (Lipinski definition) is 3. The Morgan fingerprint density at radius 2 is 1.72 bits per heavy atom. The zero-order valence-electron chi connectivity index (χ0n) is 10.6. The minimum Gasteiger partial charge on any atom is -0.393 e. The molecule has 2 N–H and O–H groups in total. The fourth-order valence-electron chi connectivity index (χ4n) is 1.29. The van der Waals surface area contributed by atoms with Crippen LogP contribution in [-0.4, -0.2) is 24.6 Å². The molecule has 102 valence electrons. The van der Waals surface area contributed by atoms with Crippen LogP contribution in [0.4, 0.5) is 0 Å². The molecule has 0 fully saturated rings. The number of halogens is 1. The van der Waals surface area contributed by atoms with E-state index in [1.54, 1.807) is 18.2 Å². The van der Waals surface area contributed by atoms with E-state index in [9.17, 15) is 13.5 Å². The molecule has 1 aromatic carbocycles. The van der Waals surface area contributed by atoms with Crippen molar-refractivity contribution in [3.05, 3.63) is 30.3 Å². The third-order valence-electron chi connectivity index (χ3n) is 2.76. The molecule has 0 unspecified atom stereocenters. The van der Waals surface area contributed by atoms with Crippen molar-refractivity contribution in [2.24, 2.45) is 5.41 Å². The Morgan fingerprint density at radius 3 is 2.11 bits per heavy atom. The molecule has 18 heavy (non-hydrogen) atoms. The van der Waals surface area contributed by atoms with Crippen molar-refractivity contribution in [1.82, 2.24) is 4.72 Å². The lowest BCUT2D eigenvalue weighted by Gasteiger charge is -2.38. The second kappa shape index (κ2) is 5.28. The number of aliphatic hydroxyl groups excluding tert-OH is 1. The third-order valence-corrected chi connectivity index (χ3v) is 6.17. The van der Waals surface area contributed by atoms with Crippen LogP contribution < -0.4 is 4.72 Å². The summed E-state index contributed by atoms with van der Waals surface area (Å²) < 4.78 is 25.8. The van der Waals surface area contributed by atoms with Crippen molar-refractivity contribution >= 4 is 26.0 Å². The fraction of sp³-hybridized carbons (Fsp3) is 0.500. The van der Waals surface area contributed by atoms with Crippen molar-refractivity contribution in [2.75, 3.05) is 6.61 Å². The van der Waals surface area contributed by atoms with Crippen LogP contribution in [0.5, 0.6) is 0 Å². The highest BCUT2D eigenvalue weighted by molar-refractivity contribution is 9.10. The Labute approximate surface area is 117 Å². The highest BCUT2D eigenvalue weighted by atomic mass is 79.9. The maximum absolute atomic E-state index is 12.2. The van der Waals surface area contributed by atoms with Crippen molar-refractivity contribution in [2.45, 2.75) is 30.1 Å². The summed E-state index contributed by atoms with van der Waals surface area (Å²) in [5.41, 5.74) is -0.483. The molecule has 0 bridgehead atoms. The van der Waals surface area contributed by atoms with E-state index in [0.717, 1.165) is 0 Å². The first kappa shape index (κ1) is 15.6. The van der Waals surface area contributed by atoms with Gasteiger partial charge in [-0.05, 0) is 17.5 Å². The first-order chi connectivity index (χ1) is 8.12. The van der Waals surface area contributed by atoms with Gasteiger partial charge in [-0.1, -0.05) is 54.9 Å². The quantitative estimate of drug-likeness (QED) is 0.654. The molecular formula is C12H18BrNO3S. The SMILES string of the molecule is CC(C)(C)[C@](Br)(CO)NS(=O)(=O)c1ccccc1. The van der Waals surface area contributed by atoms with E-state index < -0.39 is 19.9 Å². The van der Waals surface area contributed by atoms with Crippen molar-refractivity contribution in [3.63, 3.8) is 0 Å². The molecule has 0 spiro atoms. The Balaban J connectivity index is 3.10. The van der Waals surface area contributed by atoms with Crippen molar-refractivity contribution < 1.29 is 13.5 Å². The second-order valence-corrected chi connectivity index (χ2v) is 8.16. The first-order valence-electron chi connectivity index (χ1n) is 5.51. The summed E-state index contributed by atoms with van der Waals surface area (Å²) in [4.78, 5) is 0.173. The van der Waals surface area contributed by atoms with Crippen LogP contribution in [0.25, 0.3) is 0 Å². The lowest BCUT2D eigenvalue weighted by Crippen LogP contribution is -2.54. The molecule has 0 amide bonds. The van der Waals surface area contributed by atoms with E-state index in [-0.39, 0.29) is 11.5 Å². The molecule has 0 aliphatic carbocycles. The third kappa shape index (κ3) is 3.32. The summed E-state index contributed by atoms with van der Waals surface area (Å²) in [6.45, 7) is 5.17. The van der Waals surface area contributed by atoms with Gasteiger partial charge in [-0.15, -0.1) is 0 Å². The summed E-state index contributed by atoms with van der Waals surface area (Å²) in [5.74, 6) is 0. The Hall–Kier alpha value is -0.430. The summed E-state index contributed by atoms with van der Waals surface area (Å²) in [5, 5.41) is 9.46. The van der Waals surface area contributed by atoms with E-state index in [2.05, 4.69) is 20.7 Å². The van der Waals surface area contributed by atoms with Gasteiger partial charge in [0.1, 0.15) is 4.45 Å². The fourth-order valence-corrected chi connectivity index (χ4v) is 3.36. The van der Waals surface area contributed by atoms with E-state index >= 15 is 0 Å². The zero-order chi connectivity index (χ0) is 14.0. The molecule has 0 saturated heterocycles. The Bertz CT molecular complexity index is 496. The number of nitrogens with one attached hydrogen (secondary N) is 1. The Morgan fingerprint density at radius 1 is 1.22 bits per heavy atom. The Kier molecular flexibility index (Phi) is 4.59. The molecule has 0 heterocycles. The summed E-state index contributed by atoms with van der Waals surface area (Å²) >= 11 is 3.30. The number of alkyl halides is 1. The topological polar surface area (TPSA) is 66.4 Å². The molecule has 0 radical (unpaired) electrons. The zero-order valence-corrected chi connectivity index (χ0v) is 13.0. The average molecular weight is 336 g/mol. The summed E-state index contributed by atoms with van der Waals surface area (Å²) in [7, 11) is -3.67. The van der Waals surface area contributed by atoms with Crippen LogP contribution in [0.2, 0.25) is 0 Å². The van der Waals surface area contributed by atoms with Crippen LogP contribution in [0.15, 0.2) is 35.2 Å². The minimum atomic E-state index is -3.67. The normalized spacial score (nSPS) is 16.3. The van der Waals surface area contributed by atoms with Crippen LogP contribution in [-0.2, 0) is 10.0 Å². The van der Waals surface area contributed by atoms with E-state index in [1.165, 1.54) is 12.1 Å². The molecular weight excluding hydrogens is 318 g/mol. The van der Waals surface area contributed by atoms with Gasteiger partial charge in [-0.3, -0.25) is 0 Å². The highest BCUT2D eigenvalue weighted by Crippen LogP contribution is 2.36. The van der Waals surface area contributed by atoms with Gasteiger partial charge in [0.2, 0.25) is 10.0 Å². The monoisotopic (exact) mass is 335 g/mol. The van der Waals surface area contributed by atoms with Crippen LogP contribution in [0.3, 0.4) is 0 Å². The van der Waals surface area contributed by atoms with Gasteiger partial charge in [0.05, 0.1) is 11.5 Å². The van der Waals surface area contributed by atoms with E-state index in [4.69, 9.17) is 0 Å². The van der Waals surface area contributed by atoms with Crippen LogP contribution in [0.1, 0.15) is 20.8 Å². The molecule has 0 saturated carbocycles. The molecule has 4 nitrogen and oxygen atoms in total. The van der Waals surface area contributed by atoms with Crippen molar-refractivity contribution in [3.8, 4) is 0 Å². The number of sulfonamides is 1. The predicted octanol–water partition coefficient (Wildman–Crippen LogP) is 2.09. The first-order valence-corrected chi connectivity index (χ1v) is 7.79. The number of aliphatic hydroxyl groups is 1. The van der Waals surface area contributed by atoms with Gasteiger partial charge in [-0.2, -0.15) is 4.72 Å². The van der Waals surface area contributed by atoms with Gasteiger partial charge in [0.15, 0.2) is 0 Å². The van der Waals surface area contributed by atoms with Gasteiger partial charge in [-0.25, -0.2) is 8.42 Å². The highest BCUT2D eigenvalue weighted by Gasteiger charge is 2.42. The van der Waals surface area contributed by atoms with E-state index in [0.29, 0.717) is 0 Å². The van der Waals surface area contributed by atoms with Gasteiger partial charge >= 0.3 is 0 Å². The molecule has 6 heteroatoms.